The van der Waals surface area contributed by atoms with E-state index < -0.39 is 0 Å². The van der Waals surface area contributed by atoms with Gasteiger partial charge in [-0.25, -0.2) is 0 Å². The van der Waals surface area contributed by atoms with Gasteiger partial charge in [-0.2, -0.15) is 0 Å². The molecule has 1 heterocycles. The summed E-state index contributed by atoms with van der Waals surface area (Å²) in [5.74, 6) is 1.43. The van der Waals surface area contributed by atoms with Gasteiger partial charge in [0.05, 0.1) is 14.2 Å². The summed E-state index contributed by atoms with van der Waals surface area (Å²) in [4.78, 5) is 0. The number of hydrogen-bond acceptors (Lipinski definition) is 5. The highest BCUT2D eigenvalue weighted by Gasteiger charge is 2.14. The van der Waals surface area contributed by atoms with E-state index in [1.54, 1.807) is 14.2 Å². The third-order valence-electron chi connectivity index (χ3n) is 2.52. The molecular formula is C12H14N2O3. The SMILES string of the molecule is COc1ccc(OC)c(-c2nocc2CN)c1. The average Bonchev–Trinajstić information content (AvgIpc) is 2.86. The summed E-state index contributed by atoms with van der Waals surface area (Å²) in [5.41, 5.74) is 7.94. The van der Waals surface area contributed by atoms with Crippen molar-refractivity contribution in [2.24, 2.45) is 5.73 Å². The van der Waals surface area contributed by atoms with Gasteiger partial charge in [-0.15, -0.1) is 0 Å². The number of methoxy groups -OCH3 is 2. The van der Waals surface area contributed by atoms with Crippen LogP contribution in [0, 0.1) is 0 Å². The number of aromatic nitrogens is 1. The van der Waals surface area contributed by atoms with Crippen molar-refractivity contribution in [1.82, 2.24) is 5.16 Å². The van der Waals surface area contributed by atoms with Gasteiger partial charge in [0, 0.05) is 17.7 Å². The fourth-order valence-electron chi connectivity index (χ4n) is 1.62. The highest BCUT2D eigenvalue weighted by Crippen LogP contribution is 2.34. The van der Waals surface area contributed by atoms with Crippen LogP contribution >= 0.6 is 0 Å². The lowest BCUT2D eigenvalue weighted by atomic mass is 10.1. The van der Waals surface area contributed by atoms with Gasteiger partial charge in [-0.05, 0) is 18.2 Å². The molecule has 5 heteroatoms. The van der Waals surface area contributed by atoms with Crippen molar-refractivity contribution in [2.75, 3.05) is 14.2 Å². The second-order valence-corrected chi connectivity index (χ2v) is 3.46. The van der Waals surface area contributed by atoms with Gasteiger partial charge in [-0.3, -0.25) is 0 Å². The van der Waals surface area contributed by atoms with Gasteiger partial charge >= 0.3 is 0 Å². The van der Waals surface area contributed by atoms with E-state index in [4.69, 9.17) is 19.7 Å². The molecule has 2 aromatic rings. The molecule has 90 valence electrons. The Hall–Kier alpha value is -2.01. The first-order valence-corrected chi connectivity index (χ1v) is 5.16. The van der Waals surface area contributed by atoms with E-state index in [0.717, 1.165) is 16.9 Å². The molecule has 5 nitrogen and oxygen atoms in total. The molecule has 1 aromatic carbocycles. The van der Waals surface area contributed by atoms with Gasteiger partial charge in [0.2, 0.25) is 0 Å². The Morgan fingerprint density at radius 1 is 1.29 bits per heavy atom. The Kier molecular flexibility index (Phi) is 3.30. The van der Waals surface area contributed by atoms with Gasteiger partial charge in [0.15, 0.2) is 0 Å². The quantitative estimate of drug-likeness (QED) is 0.873. The number of hydrogen-bond donors (Lipinski definition) is 1. The minimum Gasteiger partial charge on any atom is -0.497 e. The first-order chi connectivity index (χ1) is 8.30. The molecule has 0 aliphatic rings. The summed E-state index contributed by atoms with van der Waals surface area (Å²) in [6.07, 6.45) is 1.54. The predicted octanol–water partition coefficient (Wildman–Crippen LogP) is 1.82. The zero-order chi connectivity index (χ0) is 12.3. The number of nitrogens with zero attached hydrogens (tertiary/aromatic N) is 1. The molecule has 0 atom stereocenters. The summed E-state index contributed by atoms with van der Waals surface area (Å²) >= 11 is 0. The molecule has 0 unspecified atom stereocenters. The Morgan fingerprint density at radius 2 is 2.12 bits per heavy atom. The maximum atomic E-state index is 5.62. The highest BCUT2D eigenvalue weighted by molar-refractivity contribution is 5.71. The Bertz CT molecular complexity index is 508. The standard InChI is InChI=1S/C12H14N2O3/c1-15-9-3-4-11(16-2)10(5-9)12-8(6-13)7-17-14-12/h3-5,7H,6,13H2,1-2H3. The van der Waals surface area contributed by atoms with Crippen LogP contribution < -0.4 is 15.2 Å². The van der Waals surface area contributed by atoms with Crippen molar-refractivity contribution in [2.45, 2.75) is 6.54 Å². The third-order valence-corrected chi connectivity index (χ3v) is 2.52. The topological polar surface area (TPSA) is 70.5 Å². The van der Waals surface area contributed by atoms with E-state index in [1.807, 2.05) is 18.2 Å². The Labute approximate surface area is 99.1 Å². The molecule has 0 fully saturated rings. The van der Waals surface area contributed by atoms with E-state index in [9.17, 15) is 0 Å². The first kappa shape index (κ1) is 11.5. The summed E-state index contributed by atoms with van der Waals surface area (Å²) < 4.78 is 15.4. The summed E-state index contributed by atoms with van der Waals surface area (Å²) in [5, 5.41) is 3.95. The minimum atomic E-state index is 0.360. The van der Waals surface area contributed by atoms with Crippen LogP contribution in [0.5, 0.6) is 11.5 Å². The molecule has 0 bridgehead atoms. The number of rotatable bonds is 4. The molecule has 2 rings (SSSR count). The number of benzene rings is 1. The fourth-order valence-corrected chi connectivity index (χ4v) is 1.62. The summed E-state index contributed by atoms with van der Waals surface area (Å²) in [7, 11) is 3.21. The van der Waals surface area contributed by atoms with Crippen molar-refractivity contribution in [3.8, 4) is 22.8 Å². The van der Waals surface area contributed by atoms with E-state index in [1.165, 1.54) is 6.26 Å². The smallest absolute Gasteiger partial charge is 0.128 e. The van der Waals surface area contributed by atoms with Gasteiger partial charge < -0.3 is 19.7 Å². The monoisotopic (exact) mass is 234 g/mol. The molecular weight excluding hydrogens is 220 g/mol. The fraction of sp³-hybridized carbons (Fsp3) is 0.250. The van der Waals surface area contributed by atoms with Crippen LogP contribution in [0.2, 0.25) is 0 Å². The average molecular weight is 234 g/mol. The van der Waals surface area contributed by atoms with Crippen LogP contribution in [-0.2, 0) is 6.54 Å². The van der Waals surface area contributed by atoms with Gasteiger partial charge in [-0.1, -0.05) is 5.16 Å². The van der Waals surface area contributed by atoms with Crippen LogP contribution in [0.15, 0.2) is 29.0 Å². The lowest BCUT2D eigenvalue weighted by Crippen LogP contribution is -1.98. The Balaban J connectivity index is 2.56. The molecule has 0 aliphatic heterocycles. The number of nitrogens with two attached hydrogens (primary N) is 1. The maximum Gasteiger partial charge on any atom is 0.128 e. The van der Waals surface area contributed by atoms with Crippen molar-refractivity contribution in [3.05, 3.63) is 30.0 Å². The van der Waals surface area contributed by atoms with E-state index in [2.05, 4.69) is 5.16 Å². The molecule has 1 aromatic heterocycles. The van der Waals surface area contributed by atoms with Gasteiger partial charge in [0.1, 0.15) is 23.5 Å². The first-order valence-electron chi connectivity index (χ1n) is 5.16. The van der Waals surface area contributed by atoms with Crippen molar-refractivity contribution in [1.29, 1.82) is 0 Å². The highest BCUT2D eigenvalue weighted by atomic mass is 16.5. The molecule has 0 radical (unpaired) electrons. The van der Waals surface area contributed by atoms with E-state index >= 15 is 0 Å². The molecule has 17 heavy (non-hydrogen) atoms. The molecule has 0 saturated carbocycles. The Morgan fingerprint density at radius 3 is 2.76 bits per heavy atom. The van der Waals surface area contributed by atoms with Crippen LogP contribution in [0.3, 0.4) is 0 Å². The molecule has 0 saturated heterocycles. The normalized spacial score (nSPS) is 10.3. The lowest BCUT2D eigenvalue weighted by Gasteiger charge is -2.09. The summed E-state index contributed by atoms with van der Waals surface area (Å²) in [6, 6.07) is 5.49. The number of ether oxygens (including phenoxy) is 2. The molecule has 0 spiro atoms. The van der Waals surface area contributed by atoms with Crippen molar-refractivity contribution >= 4 is 0 Å². The predicted molar refractivity (Wildman–Crippen MR) is 62.9 cm³/mol. The zero-order valence-electron chi connectivity index (χ0n) is 9.77. The molecule has 0 amide bonds. The van der Waals surface area contributed by atoms with Gasteiger partial charge in [0.25, 0.3) is 0 Å². The zero-order valence-corrected chi connectivity index (χ0v) is 9.77. The molecule has 0 aliphatic carbocycles. The largest absolute Gasteiger partial charge is 0.497 e. The lowest BCUT2D eigenvalue weighted by molar-refractivity contribution is 0.402. The van der Waals surface area contributed by atoms with Crippen LogP contribution in [0.25, 0.3) is 11.3 Å². The van der Waals surface area contributed by atoms with Crippen LogP contribution in [-0.4, -0.2) is 19.4 Å². The third kappa shape index (κ3) is 2.09. The molecule has 2 N–H and O–H groups in total. The minimum absolute atomic E-state index is 0.360. The second-order valence-electron chi connectivity index (χ2n) is 3.46. The van der Waals surface area contributed by atoms with E-state index in [-0.39, 0.29) is 0 Å². The van der Waals surface area contributed by atoms with Crippen molar-refractivity contribution < 1.29 is 14.0 Å². The maximum absolute atomic E-state index is 5.62. The van der Waals surface area contributed by atoms with Crippen LogP contribution in [0.4, 0.5) is 0 Å². The van der Waals surface area contributed by atoms with E-state index in [0.29, 0.717) is 18.0 Å². The van der Waals surface area contributed by atoms with Crippen LogP contribution in [0.1, 0.15) is 5.56 Å². The second kappa shape index (κ2) is 4.88. The van der Waals surface area contributed by atoms with Crippen molar-refractivity contribution in [3.63, 3.8) is 0 Å². The summed E-state index contributed by atoms with van der Waals surface area (Å²) in [6.45, 7) is 0.360.